The standard InChI is InChI=1S/C22H21N9O3/c23-20-21(28-34-27-20)31-18(13-30-10-4-7-15-6-1-2-9-17(15)30)19(25-29-31)22(33)26-24-12-14-5-3-8-16(32)11-14/h1-3,5-6,8-9,11-12,32H,4,7,10,13H2,(H2,23,27)(H,26,33)/b24-12+. The van der Waals surface area contributed by atoms with Crippen molar-refractivity contribution < 1.29 is 14.5 Å². The second-order valence-corrected chi connectivity index (χ2v) is 7.72. The third-order valence-corrected chi connectivity index (χ3v) is 5.47. The Morgan fingerprint density at radius 1 is 1.24 bits per heavy atom. The van der Waals surface area contributed by atoms with Crippen LogP contribution in [0.1, 0.15) is 33.7 Å². The van der Waals surface area contributed by atoms with Crippen LogP contribution in [0.5, 0.6) is 5.75 Å². The van der Waals surface area contributed by atoms with E-state index in [1.54, 1.807) is 18.2 Å². The molecule has 0 aliphatic carbocycles. The molecule has 4 N–H and O–H groups in total. The van der Waals surface area contributed by atoms with Crippen molar-refractivity contribution in [3.63, 3.8) is 0 Å². The summed E-state index contributed by atoms with van der Waals surface area (Å²) in [6, 6.07) is 14.6. The van der Waals surface area contributed by atoms with E-state index in [1.807, 2.05) is 18.2 Å². The third kappa shape index (κ3) is 4.16. The van der Waals surface area contributed by atoms with E-state index < -0.39 is 5.91 Å². The van der Waals surface area contributed by atoms with Gasteiger partial charge >= 0.3 is 0 Å². The number of rotatable bonds is 6. The van der Waals surface area contributed by atoms with Crippen LogP contribution in [0.25, 0.3) is 5.82 Å². The second-order valence-electron chi connectivity index (χ2n) is 7.72. The first kappa shape index (κ1) is 21.1. The van der Waals surface area contributed by atoms with Crippen LogP contribution in [0.3, 0.4) is 0 Å². The number of nitrogens with zero attached hydrogens (tertiary/aromatic N) is 7. The number of carbonyl (C=O) groups is 1. The molecule has 0 radical (unpaired) electrons. The highest BCUT2D eigenvalue weighted by Gasteiger charge is 2.27. The van der Waals surface area contributed by atoms with Gasteiger partial charge in [-0.15, -0.1) is 5.10 Å². The number of aryl methyl sites for hydroxylation is 1. The van der Waals surface area contributed by atoms with Gasteiger partial charge in [0, 0.05) is 12.2 Å². The molecular weight excluding hydrogens is 438 g/mol. The van der Waals surface area contributed by atoms with Crippen molar-refractivity contribution in [2.24, 2.45) is 5.10 Å². The number of benzene rings is 2. The number of phenols is 1. The topological polar surface area (TPSA) is 161 Å². The number of carbonyl (C=O) groups excluding carboxylic acids is 1. The van der Waals surface area contributed by atoms with Crippen molar-refractivity contribution in [2.45, 2.75) is 19.4 Å². The predicted molar refractivity (Wildman–Crippen MR) is 123 cm³/mol. The minimum absolute atomic E-state index is 0.0269. The number of para-hydroxylation sites is 1. The third-order valence-electron chi connectivity index (χ3n) is 5.47. The number of hydrogen-bond donors (Lipinski definition) is 3. The number of nitrogens with two attached hydrogens (primary N) is 1. The molecule has 34 heavy (non-hydrogen) atoms. The van der Waals surface area contributed by atoms with E-state index in [9.17, 15) is 9.90 Å². The molecule has 0 unspecified atom stereocenters. The van der Waals surface area contributed by atoms with Crippen LogP contribution in [-0.4, -0.2) is 49.1 Å². The van der Waals surface area contributed by atoms with Gasteiger partial charge in [0.05, 0.1) is 18.5 Å². The van der Waals surface area contributed by atoms with E-state index >= 15 is 0 Å². The number of phenolic OH excluding ortho intramolecular Hbond substituents is 1. The molecule has 1 amide bonds. The first-order chi connectivity index (χ1) is 16.6. The van der Waals surface area contributed by atoms with Crippen molar-refractivity contribution in [1.29, 1.82) is 0 Å². The van der Waals surface area contributed by atoms with Gasteiger partial charge < -0.3 is 15.7 Å². The predicted octanol–water partition coefficient (Wildman–Crippen LogP) is 1.65. The molecule has 3 heterocycles. The number of anilines is 2. The zero-order chi connectivity index (χ0) is 23.5. The molecule has 0 atom stereocenters. The van der Waals surface area contributed by atoms with Gasteiger partial charge in [0.15, 0.2) is 5.69 Å². The zero-order valence-electron chi connectivity index (χ0n) is 18.0. The van der Waals surface area contributed by atoms with Crippen LogP contribution in [0, 0.1) is 0 Å². The summed E-state index contributed by atoms with van der Waals surface area (Å²) in [5.41, 5.74) is 11.8. The van der Waals surface area contributed by atoms with Gasteiger partial charge in [0.25, 0.3) is 5.91 Å². The van der Waals surface area contributed by atoms with E-state index in [0.29, 0.717) is 17.8 Å². The molecule has 0 bridgehead atoms. The Hall–Kier alpha value is -4.74. The summed E-state index contributed by atoms with van der Waals surface area (Å²) in [6.07, 6.45) is 3.38. The maximum absolute atomic E-state index is 13.0. The average molecular weight is 459 g/mol. The summed E-state index contributed by atoms with van der Waals surface area (Å²) in [4.78, 5) is 15.1. The molecule has 1 aliphatic heterocycles. The Morgan fingerprint density at radius 3 is 2.94 bits per heavy atom. The normalized spacial score (nSPS) is 13.2. The van der Waals surface area contributed by atoms with Crippen LogP contribution in [0.4, 0.5) is 11.5 Å². The van der Waals surface area contributed by atoms with Gasteiger partial charge in [-0.2, -0.15) is 9.78 Å². The van der Waals surface area contributed by atoms with Crippen molar-refractivity contribution in [1.82, 2.24) is 30.7 Å². The first-order valence-corrected chi connectivity index (χ1v) is 10.6. The maximum Gasteiger partial charge on any atom is 0.293 e. The molecular formula is C22H21N9O3. The molecule has 1 aliphatic rings. The van der Waals surface area contributed by atoms with E-state index in [2.05, 4.69) is 42.1 Å². The summed E-state index contributed by atoms with van der Waals surface area (Å²) in [5, 5.41) is 29.1. The van der Waals surface area contributed by atoms with Gasteiger partial charge in [-0.25, -0.2) is 10.1 Å². The smallest absolute Gasteiger partial charge is 0.293 e. The van der Waals surface area contributed by atoms with Crippen LogP contribution in [-0.2, 0) is 13.0 Å². The van der Waals surface area contributed by atoms with Crippen LogP contribution >= 0.6 is 0 Å². The van der Waals surface area contributed by atoms with Gasteiger partial charge in [0.2, 0.25) is 11.6 Å². The highest BCUT2D eigenvalue weighted by molar-refractivity contribution is 5.94. The Bertz CT molecular complexity index is 1360. The van der Waals surface area contributed by atoms with E-state index in [1.165, 1.54) is 22.5 Å². The number of nitrogen functional groups attached to an aromatic ring is 1. The minimum Gasteiger partial charge on any atom is -0.508 e. The number of amides is 1. The SMILES string of the molecule is Nc1nonc1-n1nnc(C(=O)N/N=C/c2cccc(O)c2)c1CN1CCCc2ccccc21. The number of nitrogens with one attached hydrogen (secondary N) is 1. The number of fused-ring (bicyclic) bond motifs is 1. The Kier molecular flexibility index (Phi) is 5.60. The Morgan fingerprint density at radius 2 is 2.12 bits per heavy atom. The number of aromatic nitrogens is 5. The first-order valence-electron chi connectivity index (χ1n) is 10.6. The quantitative estimate of drug-likeness (QED) is 0.288. The molecule has 4 aromatic rings. The fraction of sp³-hybridized carbons (Fsp3) is 0.182. The highest BCUT2D eigenvalue weighted by Crippen LogP contribution is 2.29. The fourth-order valence-corrected chi connectivity index (χ4v) is 3.91. The Balaban J connectivity index is 1.45. The fourth-order valence-electron chi connectivity index (χ4n) is 3.91. The van der Waals surface area contributed by atoms with E-state index in [0.717, 1.165) is 25.1 Å². The van der Waals surface area contributed by atoms with E-state index in [-0.39, 0.29) is 23.1 Å². The zero-order valence-corrected chi connectivity index (χ0v) is 18.0. The van der Waals surface area contributed by atoms with Gasteiger partial charge in [0.1, 0.15) is 5.75 Å². The largest absolute Gasteiger partial charge is 0.508 e. The van der Waals surface area contributed by atoms with Gasteiger partial charge in [-0.05, 0) is 52.5 Å². The molecule has 5 rings (SSSR count). The summed E-state index contributed by atoms with van der Waals surface area (Å²) in [5.74, 6) is -0.284. The van der Waals surface area contributed by atoms with Crippen molar-refractivity contribution >= 4 is 23.6 Å². The molecule has 0 saturated carbocycles. The highest BCUT2D eigenvalue weighted by atomic mass is 16.6. The lowest BCUT2D eigenvalue weighted by molar-refractivity contribution is 0.0949. The molecule has 2 aromatic carbocycles. The molecule has 2 aromatic heterocycles. The van der Waals surface area contributed by atoms with Gasteiger partial charge in [-0.3, -0.25) is 4.79 Å². The van der Waals surface area contributed by atoms with Crippen molar-refractivity contribution in [2.75, 3.05) is 17.2 Å². The summed E-state index contributed by atoms with van der Waals surface area (Å²) < 4.78 is 6.08. The molecule has 0 spiro atoms. The lowest BCUT2D eigenvalue weighted by Gasteiger charge is -2.31. The maximum atomic E-state index is 13.0. The lowest BCUT2D eigenvalue weighted by Crippen LogP contribution is -2.31. The van der Waals surface area contributed by atoms with Crippen molar-refractivity contribution in [3.05, 3.63) is 71.0 Å². The Labute approximate surface area is 193 Å². The molecule has 12 heteroatoms. The number of aromatic hydroxyl groups is 1. The second kappa shape index (κ2) is 9.02. The van der Waals surface area contributed by atoms with E-state index in [4.69, 9.17) is 10.4 Å². The van der Waals surface area contributed by atoms with Crippen LogP contribution < -0.4 is 16.1 Å². The molecule has 12 nitrogen and oxygen atoms in total. The molecule has 0 fully saturated rings. The average Bonchev–Trinajstić information content (AvgIpc) is 3.45. The van der Waals surface area contributed by atoms with Crippen LogP contribution in [0.2, 0.25) is 0 Å². The summed E-state index contributed by atoms with van der Waals surface area (Å²) in [7, 11) is 0. The summed E-state index contributed by atoms with van der Waals surface area (Å²) in [6.45, 7) is 1.13. The minimum atomic E-state index is -0.557. The monoisotopic (exact) mass is 459 g/mol. The van der Waals surface area contributed by atoms with Crippen molar-refractivity contribution in [3.8, 4) is 11.6 Å². The molecule has 0 saturated heterocycles. The van der Waals surface area contributed by atoms with Gasteiger partial charge in [-0.1, -0.05) is 35.5 Å². The van der Waals surface area contributed by atoms with Crippen LogP contribution in [0.15, 0.2) is 58.3 Å². The number of hydrazone groups is 1. The number of hydrogen-bond acceptors (Lipinski definition) is 10. The summed E-state index contributed by atoms with van der Waals surface area (Å²) >= 11 is 0. The lowest BCUT2D eigenvalue weighted by atomic mass is 10.0. The molecule has 172 valence electrons.